The quantitative estimate of drug-likeness (QED) is 0.852. The van der Waals surface area contributed by atoms with Gasteiger partial charge in [-0.2, -0.15) is 5.10 Å². The van der Waals surface area contributed by atoms with E-state index in [1.807, 2.05) is 43.0 Å². The third kappa shape index (κ3) is 3.26. The second-order valence-electron chi connectivity index (χ2n) is 6.24. The van der Waals surface area contributed by atoms with E-state index in [9.17, 15) is 4.79 Å². The first kappa shape index (κ1) is 16.4. The Hall–Kier alpha value is -2.41. The highest BCUT2D eigenvalue weighted by atomic mass is 16.5. The Morgan fingerprint density at radius 3 is 2.83 bits per heavy atom. The van der Waals surface area contributed by atoms with E-state index >= 15 is 0 Å². The first-order valence-corrected chi connectivity index (χ1v) is 8.00. The lowest BCUT2D eigenvalue weighted by Gasteiger charge is -2.33. The van der Waals surface area contributed by atoms with Gasteiger partial charge in [0.2, 0.25) is 0 Å². The molecule has 7 nitrogen and oxygen atoms in total. The number of carbonyl (C=O) groups is 1. The smallest absolute Gasteiger partial charge is 0.272 e. The Morgan fingerprint density at radius 1 is 1.38 bits per heavy atom. The molecule has 0 unspecified atom stereocenters. The van der Waals surface area contributed by atoms with Gasteiger partial charge < -0.3 is 14.5 Å². The van der Waals surface area contributed by atoms with E-state index in [-0.39, 0.29) is 12.0 Å². The van der Waals surface area contributed by atoms with Crippen LogP contribution in [0, 0.1) is 6.92 Å². The summed E-state index contributed by atoms with van der Waals surface area (Å²) in [6, 6.07) is 5.79. The lowest BCUT2D eigenvalue weighted by molar-refractivity contribution is -0.0251. The molecule has 24 heavy (non-hydrogen) atoms. The summed E-state index contributed by atoms with van der Waals surface area (Å²) in [6.07, 6.45) is 1.42. The summed E-state index contributed by atoms with van der Waals surface area (Å²) in [4.78, 5) is 21.1. The molecule has 2 aromatic rings. The molecule has 2 aromatic heterocycles. The summed E-state index contributed by atoms with van der Waals surface area (Å²) in [5.74, 6) is -0.0243. The van der Waals surface area contributed by atoms with Crippen LogP contribution in [0.4, 0.5) is 5.69 Å². The SMILES string of the molecule is Cc1cc(N(C)C)cc([C@H]2CN(C(=O)c3ccnn3C)CCO2)n1. The molecule has 3 heterocycles. The van der Waals surface area contributed by atoms with E-state index in [1.54, 1.807) is 24.0 Å². The highest BCUT2D eigenvalue weighted by Gasteiger charge is 2.28. The van der Waals surface area contributed by atoms with Gasteiger partial charge in [-0.3, -0.25) is 14.5 Å². The van der Waals surface area contributed by atoms with Gasteiger partial charge in [-0.05, 0) is 25.1 Å². The minimum atomic E-state index is -0.213. The van der Waals surface area contributed by atoms with Gasteiger partial charge in [-0.15, -0.1) is 0 Å². The van der Waals surface area contributed by atoms with Crippen LogP contribution in [-0.4, -0.2) is 59.4 Å². The van der Waals surface area contributed by atoms with Gasteiger partial charge in [0.15, 0.2) is 0 Å². The minimum Gasteiger partial charge on any atom is -0.378 e. The summed E-state index contributed by atoms with van der Waals surface area (Å²) >= 11 is 0. The van der Waals surface area contributed by atoms with Crippen molar-refractivity contribution in [2.75, 3.05) is 38.7 Å². The minimum absolute atomic E-state index is 0.0243. The lowest BCUT2D eigenvalue weighted by Crippen LogP contribution is -2.43. The number of amides is 1. The normalized spacial score (nSPS) is 17.8. The fourth-order valence-electron chi connectivity index (χ4n) is 2.86. The van der Waals surface area contributed by atoms with Crippen LogP contribution in [0.5, 0.6) is 0 Å². The summed E-state index contributed by atoms with van der Waals surface area (Å²) in [6.45, 7) is 3.54. The predicted molar refractivity (Wildman–Crippen MR) is 91.1 cm³/mol. The maximum atomic E-state index is 12.7. The number of anilines is 1. The van der Waals surface area contributed by atoms with Crippen molar-refractivity contribution >= 4 is 11.6 Å². The van der Waals surface area contributed by atoms with Crippen molar-refractivity contribution in [2.24, 2.45) is 7.05 Å². The first-order chi connectivity index (χ1) is 11.5. The fourth-order valence-corrected chi connectivity index (χ4v) is 2.86. The third-order valence-electron chi connectivity index (χ3n) is 4.20. The van der Waals surface area contributed by atoms with Crippen LogP contribution < -0.4 is 4.90 Å². The van der Waals surface area contributed by atoms with Crippen LogP contribution in [0.25, 0.3) is 0 Å². The molecule has 0 spiro atoms. The number of nitrogens with zero attached hydrogens (tertiary/aromatic N) is 5. The number of hydrogen-bond donors (Lipinski definition) is 0. The standard InChI is InChI=1S/C17H23N5O2/c1-12-9-13(20(2)3)10-14(19-12)16-11-22(7-8-24-16)17(23)15-5-6-18-21(15)4/h5-6,9-10,16H,7-8,11H2,1-4H3/t16-/m1/s1. The Labute approximate surface area is 141 Å². The molecule has 1 saturated heterocycles. The summed E-state index contributed by atoms with van der Waals surface area (Å²) in [7, 11) is 5.77. The Balaban J connectivity index is 1.81. The van der Waals surface area contributed by atoms with E-state index in [0.29, 0.717) is 25.4 Å². The van der Waals surface area contributed by atoms with Crippen molar-refractivity contribution in [3.63, 3.8) is 0 Å². The van der Waals surface area contributed by atoms with Gasteiger partial charge in [0.1, 0.15) is 11.8 Å². The number of aromatic nitrogens is 3. The average Bonchev–Trinajstić information content (AvgIpc) is 2.99. The molecule has 0 aliphatic carbocycles. The van der Waals surface area contributed by atoms with Crippen molar-refractivity contribution in [3.05, 3.63) is 41.5 Å². The third-order valence-corrected chi connectivity index (χ3v) is 4.20. The zero-order valence-electron chi connectivity index (χ0n) is 14.6. The molecule has 1 aliphatic heterocycles. The van der Waals surface area contributed by atoms with E-state index in [4.69, 9.17) is 4.74 Å². The molecule has 1 atom stereocenters. The number of hydrogen-bond acceptors (Lipinski definition) is 5. The van der Waals surface area contributed by atoms with Crippen molar-refractivity contribution in [2.45, 2.75) is 13.0 Å². The van der Waals surface area contributed by atoms with Gasteiger partial charge in [-0.25, -0.2) is 0 Å². The molecule has 0 aromatic carbocycles. The van der Waals surface area contributed by atoms with Crippen LogP contribution in [0.15, 0.2) is 24.4 Å². The molecule has 3 rings (SSSR count). The second-order valence-corrected chi connectivity index (χ2v) is 6.24. The molecule has 0 radical (unpaired) electrons. The first-order valence-electron chi connectivity index (χ1n) is 8.00. The molecule has 0 bridgehead atoms. The number of pyridine rings is 1. The van der Waals surface area contributed by atoms with Gasteiger partial charge in [-0.1, -0.05) is 0 Å². The average molecular weight is 329 g/mol. The van der Waals surface area contributed by atoms with Crippen molar-refractivity contribution < 1.29 is 9.53 Å². The topological polar surface area (TPSA) is 63.5 Å². The molecule has 1 aliphatic rings. The predicted octanol–water partition coefficient (Wildman–Crippen LogP) is 1.40. The molecule has 7 heteroatoms. The molecule has 0 N–H and O–H groups in total. The zero-order valence-corrected chi connectivity index (χ0v) is 14.6. The number of carbonyl (C=O) groups excluding carboxylic acids is 1. The molecular weight excluding hydrogens is 306 g/mol. The number of rotatable bonds is 3. The monoisotopic (exact) mass is 329 g/mol. The van der Waals surface area contributed by atoms with Crippen LogP contribution >= 0.6 is 0 Å². The van der Waals surface area contributed by atoms with E-state index in [1.165, 1.54) is 0 Å². The highest BCUT2D eigenvalue weighted by molar-refractivity contribution is 5.92. The van der Waals surface area contributed by atoms with Crippen LogP contribution in [-0.2, 0) is 11.8 Å². The van der Waals surface area contributed by atoms with Crippen molar-refractivity contribution in [3.8, 4) is 0 Å². The van der Waals surface area contributed by atoms with Crippen molar-refractivity contribution in [1.82, 2.24) is 19.7 Å². The van der Waals surface area contributed by atoms with Gasteiger partial charge >= 0.3 is 0 Å². The second kappa shape index (κ2) is 6.60. The maximum Gasteiger partial charge on any atom is 0.272 e. The number of morpholine rings is 1. The van der Waals surface area contributed by atoms with Gasteiger partial charge in [0.25, 0.3) is 5.91 Å². The van der Waals surface area contributed by atoms with E-state index in [0.717, 1.165) is 17.1 Å². The highest BCUT2D eigenvalue weighted by Crippen LogP contribution is 2.25. The Morgan fingerprint density at radius 2 is 2.17 bits per heavy atom. The number of aryl methyl sites for hydroxylation is 2. The molecule has 0 saturated carbocycles. The van der Waals surface area contributed by atoms with Crippen LogP contribution in [0.2, 0.25) is 0 Å². The lowest BCUT2D eigenvalue weighted by atomic mass is 10.1. The van der Waals surface area contributed by atoms with Crippen LogP contribution in [0.1, 0.15) is 28.0 Å². The van der Waals surface area contributed by atoms with E-state index in [2.05, 4.69) is 10.1 Å². The summed E-state index contributed by atoms with van der Waals surface area (Å²) < 4.78 is 7.48. The van der Waals surface area contributed by atoms with Crippen LogP contribution in [0.3, 0.4) is 0 Å². The summed E-state index contributed by atoms with van der Waals surface area (Å²) in [5, 5.41) is 4.07. The van der Waals surface area contributed by atoms with Crippen molar-refractivity contribution in [1.29, 1.82) is 0 Å². The zero-order chi connectivity index (χ0) is 17.3. The van der Waals surface area contributed by atoms with Gasteiger partial charge in [0.05, 0.1) is 18.8 Å². The largest absolute Gasteiger partial charge is 0.378 e. The summed E-state index contributed by atoms with van der Waals surface area (Å²) in [5.41, 5.74) is 3.47. The molecular formula is C17H23N5O2. The van der Waals surface area contributed by atoms with Gasteiger partial charge in [0, 0.05) is 45.3 Å². The molecule has 128 valence electrons. The Bertz CT molecular complexity index is 740. The maximum absolute atomic E-state index is 12.7. The van der Waals surface area contributed by atoms with E-state index < -0.39 is 0 Å². The number of ether oxygens (including phenoxy) is 1. The molecule has 1 fully saturated rings. The Kier molecular flexibility index (Phi) is 4.53. The molecule has 1 amide bonds. The fraction of sp³-hybridized carbons (Fsp3) is 0.471.